The van der Waals surface area contributed by atoms with Crippen LogP contribution in [0.3, 0.4) is 0 Å². The second-order valence-corrected chi connectivity index (χ2v) is 4.19. The van der Waals surface area contributed by atoms with E-state index in [9.17, 15) is 9.59 Å². The highest BCUT2D eigenvalue weighted by atomic mass is 16.1. The molecule has 4 heteroatoms. The molecule has 0 radical (unpaired) electrons. The normalized spacial score (nSPS) is 15.3. The van der Waals surface area contributed by atoms with E-state index in [0.717, 1.165) is 6.42 Å². The number of carbonyl (C=O) groups excluding carboxylic acids is 2. The van der Waals surface area contributed by atoms with E-state index < -0.39 is 0 Å². The number of carbonyl (C=O) groups is 2. The Morgan fingerprint density at radius 2 is 1.50 bits per heavy atom. The van der Waals surface area contributed by atoms with Crippen LogP contribution in [0.25, 0.3) is 5.53 Å². The Bertz CT molecular complexity index is 653. The Morgan fingerprint density at radius 1 is 0.900 bits per heavy atom. The molecular weight excluding hydrogens is 252 g/mol. The van der Waals surface area contributed by atoms with E-state index >= 15 is 0 Å². The lowest BCUT2D eigenvalue weighted by molar-refractivity contribution is -0.00538. The molecule has 0 fully saturated rings. The lowest BCUT2D eigenvalue weighted by Crippen LogP contribution is -2.10. The lowest BCUT2D eigenvalue weighted by Gasteiger charge is -2.06. The van der Waals surface area contributed by atoms with E-state index in [4.69, 9.17) is 5.53 Å². The maximum absolute atomic E-state index is 11.2. The Labute approximate surface area is 116 Å². The zero-order valence-electron chi connectivity index (χ0n) is 10.7. The molecule has 4 nitrogen and oxygen atoms in total. The molecule has 0 N–H and O–H groups in total. The van der Waals surface area contributed by atoms with Crippen molar-refractivity contribution in [2.45, 2.75) is 6.42 Å². The van der Waals surface area contributed by atoms with Crippen LogP contribution in [0.5, 0.6) is 0 Å². The largest absolute Gasteiger partial charge is 0.361 e. The van der Waals surface area contributed by atoms with Crippen LogP contribution in [0.1, 0.15) is 27.1 Å². The van der Waals surface area contributed by atoms with Gasteiger partial charge in [-0.1, -0.05) is 42.5 Å². The second kappa shape index (κ2) is 6.36. The highest BCUT2D eigenvalue weighted by Crippen LogP contribution is 2.15. The molecule has 0 atom stereocenters. The van der Waals surface area contributed by atoms with Crippen LogP contribution >= 0.6 is 0 Å². The van der Waals surface area contributed by atoms with E-state index in [1.54, 1.807) is 30.3 Å². The monoisotopic (exact) mass is 264 g/mol. The molecule has 2 aliphatic rings. The Balaban J connectivity index is 0.000000160. The van der Waals surface area contributed by atoms with Crippen molar-refractivity contribution in [3.05, 3.63) is 77.4 Å². The minimum absolute atomic E-state index is 0.0924. The predicted octanol–water partition coefficient (Wildman–Crippen LogP) is 2.80. The van der Waals surface area contributed by atoms with Crippen molar-refractivity contribution >= 4 is 17.3 Å². The van der Waals surface area contributed by atoms with Gasteiger partial charge >= 0.3 is 0 Å². The van der Waals surface area contributed by atoms with Crippen molar-refractivity contribution in [2.24, 2.45) is 0 Å². The number of ketones is 2. The SMILES string of the molecule is O=C1C=CC(=O)c2ccccc21.[N-]=[N+]=C1C=CC=CC1. The number of hydrogen-bond acceptors (Lipinski definition) is 2. The summed E-state index contributed by atoms with van der Waals surface area (Å²) in [6, 6.07) is 6.84. The van der Waals surface area contributed by atoms with Crippen molar-refractivity contribution in [3.63, 3.8) is 0 Å². The van der Waals surface area contributed by atoms with Crippen molar-refractivity contribution in [1.29, 1.82) is 0 Å². The van der Waals surface area contributed by atoms with E-state index in [0.29, 0.717) is 16.8 Å². The van der Waals surface area contributed by atoms with Crippen LogP contribution in [-0.4, -0.2) is 22.1 Å². The third-order valence-corrected chi connectivity index (χ3v) is 2.84. The van der Waals surface area contributed by atoms with E-state index in [2.05, 4.69) is 4.79 Å². The van der Waals surface area contributed by atoms with Crippen molar-refractivity contribution in [1.82, 2.24) is 0 Å². The van der Waals surface area contributed by atoms with Gasteiger partial charge in [0.25, 0.3) is 5.71 Å². The first-order chi connectivity index (χ1) is 9.72. The number of benzene rings is 1. The highest BCUT2D eigenvalue weighted by molar-refractivity contribution is 6.21. The average molecular weight is 264 g/mol. The summed E-state index contributed by atoms with van der Waals surface area (Å²) in [6.07, 6.45) is 10.9. The van der Waals surface area contributed by atoms with Crippen molar-refractivity contribution in [2.75, 3.05) is 0 Å². The van der Waals surface area contributed by atoms with Gasteiger partial charge < -0.3 is 5.53 Å². The molecule has 1 aromatic rings. The van der Waals surface area contributed by atoms with Crippen LogP contribution in [0.2, 0.25) is 0 Å². The van der Waals surface area contributed by atoms with E-state index in [1.807, 2.05) is 18.2 Å². The summed E-state index contributed by atoms with van der Waals surface area (Å²) in [4.78, 5) is 25.4. The summed E-state index contributed by atoms with van der Waals surface area (Å²) in [6.45, 7) is 0. The summed E-state index contributed by atoms with van der Waals surface area (Å²) < 4.78 is 0. The smallest absolute Gasteiger partial charge is 0.295 e. The summed E-state index contributed by atoms with van der Waals surface area (Å²) in [5.41, 5.74) is 9.92. The first-order valence-electron chi connectivity index (χ1n) is 6.12. The molecule has 0 unspecified atom stereocenters. The second-order valence-electron chi connectivity index (χ2n) is 4.19. The molecule has 0 amide bonds. The van der Waals surface area contributed by atoms with Gasteiger partial charge in [0.1, 0.15) is 0 Å². The molecule has 20 heavy (non-hydrogen) atoms. The quantitative estimate of drug-likeness (QED) is 0.534. The van der Waals surface area contributed by atoms with Gasteiger partial charge in [0.05, 0.1) is 6.42 Å². The summed E-state index contributed by atoms with van der Waals surface area (Å²) >= 11 is 0. The minimum Gasteiger partial charge on any atom is -0.361 e. The van der Waals surface area contributed by atoms with E-state index in [1.165, 1.54) is 12.2 Å². The van der Waals surface area contributed by atoms with Gasteiger partial charge in [0.2, 0.25) is 0 Å². The van der Waals surface area contributed by atoms with Crippen LogP contribution < -0.4 is 0 Å². The molecule has 0 aromatic heterocycles. The molecule has 0 saturated heterocycles. The van der Waals surface area contributed by atoms with Crippen molar-refractivity contribution < 1.29 is 14.4 Å². The first-order valence-corrected chi connectivity index (χ1v) is 6.12. The number of nitrogens with zero attached hydrogens (tertiary/aromatic N) is 2. The van der Waals surface area contributed by atoms with Crippen LogP contribution in [0.15, 0.2) is 60.7 Å². The Morgan fingerprint density at radius 3 is 1.90 bits per heavy atom. The molecule has 3 rings (SSSR count). The molecular formula is C16H12N2O2. The highest BCUT2D eigenvalue weighted by Gasteiger charge is 2.16. The minimum atomic E-state index is -0.0924. The summed E-state index contributed by atoms with van der Waals surface area (Å²) in [5.74, 6) is -0.185. The molecule has 0 heterocycles. The number of allylic oxidation sites excluding steroid dienone is 6. The van der Waals surface area contributed by atoms with Gasteiger partial charge in [-0.25, -0.2) is 0 Å². The zero-order valence-corrected chi connectivity index (χ0v) is 10.7. The molecule has 0 saturated carbocycles. The third-order valence-electron chi connectivity index (χ3n) is 2.84. The molecule has 0 spiro atoms. The molecule has 0 bridgehead atoms. The van der Waals surface area contributed by atoms with Crippen LogP contribution in [-0.2, 0) is 0 Å². The first kappa shape index (κ1) is 13.6. The van der Waals surface area contributed by atoms with Gasteiger partial charge in [-0.05, 0) is 12.2 Å². The topological polar surface area (TPSA) is 70.5 Å². The van der Waals surface area contributed by atoms with Gasteiger partial charge in [-0.3, -0.25) is 9.59 Å². The molecule has 1 aromatic carbocycles. The van der Waals surface area contributed by atoms with E-state index in [-0.39, 0.29) is 11.6 Å². The third kappa shape index (κ3) is 3.13. The number of fused-ring (bicyclic) bond motifs is 1. The maximum Gasteiger partial charge on any atom is 0.295 e. The zero-order chi connectivity index (χ0) is 14.4. The number of rotatable bonds is 0. The number of hydrogen-bond donors (Lipinski definition) is 0. The lowest BCUT2D eigenvalue weighted by atomic mass is 9.95. The molecule has 2 aliphatic carbocycles. The Kier molecular flexibility index (Phi) is 4.32. The molecule has 0 aliphatic heterocycles. The molecule has 98 valence electrons. The van der Waals surface area contributed by atoms with Gasteiger partial charge in [0, 0.05) is 17.2 Å². The summed E-state index contributed by atoms with van der Waals surface area (Å²) in [5, 5.41) is 0. The van der Waals surface area contributed by atoms with Crippen LogP contribution in [0.4, 0.5) is 0 Å². The Hall–Kier alpha value is -2.84. The van der Waals surface area contributed by atoms with Gasteiger partial charge in [-0.15, -0.1) is 0 Å². The van der Waals surface area contributed by atoms with Gasteiger partial charge in [0.15, 0.2) is 11.6 Å². The fourth-order valence-corrected chi connectivity index (χ4v) is 1.82. The van der Waals surface area contributed by atoms with Crippen molar-refractivity contribution in [3.8, 4) is 0 Å². The fourth-order valence-electron chi connectivity index (χ4n) is 1.82. The van der Waals surface area contributed by atoms with Crippen LogP contribution in [0, 0.1) is 0 Å². The standard InChI is InChI=1S/C10H6O2.C6H6N2/c11-9-5-6-10(12)8-4-2-1-3-7(8)9;7-8-6-4-2-1-3-5-6/h1-6H;1-4H,5H2. The average Bonchev–Trinajstić information content (AvgIpc) is 2.53. The summed E-state index contributed by atoms with van der Waals surface area (Å²) in [7, 11) is 0. The van der Waals surface area contributed by atoms with Gasteiger partial charge in [-0.2, -0.15) is 4.79 Å². The fraction of sp³-hybridized carbons (Fsp3) is 0.0625. The maximum atomic E-state index is 11.2. The predicted molar refractivity (Wildman–Crippen MR) is 75.8 cm³/mol.